The van der Waals surface area contributed by atoms with Gasteiger partial charge in [-0.25, -0.2) is 0 Å². The Morgan fingerprint density at radius 3 is 2.67 bits per heavy atom. The third-order valence-electron chi connectivity index (χ3n) is 7.10. The molecule has 1 aliphatic carbocycles. The van der Waals surface area contributed by atoms with Gasteiger partial charge in [-0.05, 0) is 69.3 Å². The van der Waals surface area contributed by atoms with Gasteiger partial charge in [-0.2, -0.15) is 0 Å². The summed E-state index contributed by atoms with van der Waals surface area (Å²) in [5.74, 6) is -0.0490. The molecule has 33 heavy (non-hydrogen) atoms. The molecule has 0 radical (unpaired) electrons. The molecule has 2 unspecified atom stereocenters. The van der Waals surface area contributed by atoms with Gasteiger partial charge in [0.15, 0.2) is 0 Å². The van der Waals surface area contributed by atoms with Crippen molar-refractivity contribution in [2.75, 3.05) is 25.0 Å². The number of amides is 1. The molecule has 174 valence electrons. The molecular formula is C27H33ClN4O. The van der Waals surface area contributed by atoms with Crippen molar-refractivity contribution in [3.63, 3.8) is 0 Å². The van der Waals surface area contributed by atoms with E-state index in [1.165, 1.54) is 18.4 Å². The quantitative estimate of drug-likeness (QED) is 0.375. The van der Waals surface area contributed by atoms with E-state index in [2.05, 4.69) is 56.9 Å². The summed E-state index contributed by atoms with van der Waals surface area (Å²) in [5.41, 5.74) is 3.97. The van der Waals surface area contributed by atoms with Crippen LogP contribution in [-0.4, -0.2) is 46.8 Å². The molecule has 1 aromatic heterocycles. The van der Waals surface area contributed by atoms with Crippen LogP contribution in [0.15, 0.2) is 54.6 Å². The lowest BCUT2D eigenvalue weighted by molar-refractivity contribution is 0.0944. The predicted octanol–water partition coefficient (Wildman–Crippen LogP) is 5.70. The van der Waals surface area contributed by atoms with Gasteiger partial charge in [-0.15, -0.1) is 11.6 Å². The largest absolute Gasteiger partial charge is 0.381 e. The number of aromatic nitrogens is 1. The van der Waals surface area contributed by atoms with Gasteiger partial charge in [-0.1, -0.05) is 42.5 Å². The molecule has 3 N–H and O–H groups in total. The van der Waals surface area contributed by atoms with Crippen molar-refractivity contribution in [1.29, 1.82) is 0 Å². The minimum absolute atomic E-state index is 0.0490. The number of rotatable bonds is 8. The van der Waals surface area contributed by atoms with E-state index in [9.17, 15) is 4.79 Å². The van der Waals surface area contributed by atoms with E-state index in [4.69, 9.17) is 11.6 Å². The molecule has 2 fully saturated rings. The fourth-order valence-corrected chi connectivity index (χ4v) is 5.72. The monoisotopic (exact) mass is 464 g/mol. The average Bonchev–Trinajstić information content (AvgIpc) is 3.59. The first-order valence-electron chi connectivity index (χ1n) is 12.3. The van der Waals surface area contributed by atoms with Crippen LogP contribution in [0.5, 0.6) is 0 Å². The summed E-state index contributed by atoms with van der Waals surface area (Å²) in [6.45, 7) is 2.92. The number of hydrogen-bond donors (Lipinski definition) is 3. The number of anilines is 1. The lowest BCUT2D eigenvalue weighted by atomic mass is 10.0. The predicted molar refractivity (Wildman–Crippen MR) is 136 cm³/mol. The standard InChI is InChI=1S/C27H33ClN4O/c28-21-11-12-22(18-21)30-23-10-6-9-20-17-24(31-26(20)23)27(33)29-14-13-25(32-15-4-5-16-32)19-7-2-1-3-8-19/h1-3,6-10,17,21-22,25,30-31H,4-5,11-16,18H2,(H,29,33)/t21?,22?,25-/m1/s1. The van der Waals surface area contributed by atoms with Crippen LogP contribution in [0.1, 0.15) is 60.6 Å². The van der Waals surface area contributed by atoms with Crippen LogP contribution in [0.25, 0.3) is 10.9 Å². The number of likely N-dealkylation sites (tertiary alicyclic amines) is 1. The summed E-state index contributed by atoms with van der Waals surface area (Å²) in [6.07, 6.45) is 6.53. The molecule has 1 amide bonds. The lowest BCUT2D eigenvalue weighted by Crippen LogP contribution is -2.31. The van der Waals surface area contributed by atoms with Gasteiger partial charge < -0.3 is 15.6 Å². The Morgan fingerprint density at radius 1 is 1.09 bits per heavy atom. The number of alkyl halides is 1. The molecule has 2 aromatic carbocycles. The molecule has 5 nitrogen and oxygen atoms in total. The molecule has 2 aliphatic rings. The zero-order chi connectivity index (χ0) is 22.6. The zero-order valence-corrected chi connectivity index (χ0v) is 19.8. The molecule has 2 heterocycles. The Labute approximate surface area is 200 Å². The highest BCUT2D eigenvalue weighted by Gasteiger charge is 2.24. The Balaban J connectivity index is 1.24. The molecule has 0 bridgehead atoms. The van der Waals surface area contributed by atoms with Gasteiger partial charge in [0.2, 0.25) is 0 Å². The zero-order valence-electron chi connectivity index (χ0n) is 19.0. The summed E-state index contributed by atoms with van der Waals surface area (Å²) >= 11 is 6.28. The number of fused-ring (bicyclic) bond motifs is 1. The van der Waals surface area contributed by atoms with Crippen molar-refractivity contribution in [2.45, 2.75) is 56.0 Å². The summed E-state index contributed by atoms with van der Waals surface area (Å²) in [4.78, 5) is 18.9. The molecular weight excluding hydrogens is 432 g/mol. The van der Waals surface area contributed by atoms with Crippen LogP contribution >= 0.6 is 11.6 Å². The number of benzene rings is 2. The number of carbonyl (C=O) groups is 1. The van der Waals surface area contributed by atoms with Crippen LogP contribution < -0.4 is 10.6 Å². The highest BCUT2D eigenvalue weighted by molar-refractivity contribution is 6.20. The van der Waals surface area contributed by atoms with Crippen molar-refractivity contribution in [3.8, 4) is 0 Å². The number of aromatic amines is 1. The SMILES string of the molecule is O=C(NCC[C@H](c1ccccc1)N1CCCC1)c1cc2cccc(NC3CCC(Cl)C3)c2[nH]1. The summed E-state index contributed by atoms with van der Waals surface area (Å²) in [7, 11) is 0. The van der Waals surface area contributed by atoms with Gasteiger partial charge in [0.1, 0.15) is 5.69 Å². The van der Waals surface area contributed by atoms with Gasteiger partial charge in [0.05, 0.1) is 11.2 Å². The van der Waals surface area contributed by atoms with Crippen LogP contribution in [0, 0.1) is 0 Å². The first kappa shape index (κ1) is 22.3. The second-order valence-electron chi connectivity index (χ2n) is 9.42. The maximum absolute atomic E-state index is 13.0. The number of nitrogens with zero attached hydrogens (tertiary/aromatic N) is 1. The number of carbonyl (C=O) groups excluding carboxylic acids is 1. The number of nitrogens with one attached hydrogen (secondary N) is 3. The topological polar surface area (TPSA) is 60.2 Å². The highest BCUT2D eigenvalue weighted by Crippen LogP contribution is 2.31. The van der Waals surface area contributed by atoms with Gasteiger partial charge in [0, 0.05) is 29.4 Å². The third-order valence-corrected chi connectivity index (χ3v) is 7.49. The molecule has 3 aromatic rings. The maximum atomic E-state index is 13.0. The minimum atomic E-state index is -0.0490. The Kier molecular flexibility index (Phi) is 6.88. The molecule has 6 heteroatoms. The number of para-hydroxylation sites is 1. The van der Waals surface area contributed by atoms with Gasteiger partial charge >= 0.3 is 0 Å². The van der Waals surface area contributed by atoms with Crippen molar-refractivity contribution in [2.24, 2.45) is 0 Å². The number of halogens is 1. The van der Waals surface area contributed by atoms with E-state index < -0.39 is 0 Å². The molecule has 1 saturated heterocycles. The van der Waals surface area contributed by atoms with Gasteiger partial charge in [0.25, 0.3) is 5.91 Å². The Hall–Kier alpha value is -2.50. The number of H-pyrrole nitrogens is 1. The highest BCUT2D eigenvalue weighted by atomic mass is 35.5. The minimum Gasteiger partial charge on any atom is -0.381 e. The Morgan fingerprint density at radius 2 is 1.91 bits per heavy atom. The Bertz CT molecular complexity index is 1080. The molecule has 1 saturated carbocycles. The summed E-state index contributed by atoms with van der Waals surface area (Å²) in [6, 6.07) is 19.5. The second kappa shape index (κ2) is 10.2. The van der Waals surface area contributed by atoms with Crippen molar-refractivity contribution in [1.82, 2.24) is 15.2 Å². The fourth-order valence-electron chi connectivity index (χ4n) is 5.38. The summed E-state index contributed by atoms with van der Waals surface area (Å²) in [5, 5.41) is 8.07. The average molecular weight is 465 g/mol. The third kappa shape index (κ3) is 5.20. The molecule has 0 spiro atoms. The van der Waals surface area contributed by atoms with Crippen LogP contribution in [0.2, 0.25) is 0 Å². The van der Waals surface area contributed by atoms with E-state index in [-0.39, 0.29) is 11.3 Å². The van der Waals surface area contributed by atoms with E-state index in [0.29, 0.717) is 24.3 Å². The summed E-state index contributed by atoms with van der Waals surface area (Å²) < 4.78 is 0. The second-order valence-corrected chi connectivity index (χ2v) is 10.0. The lowest BCUT2D eigenvalue weighted by Gasteiger charge is -2.28. The van der Waals surface area contributed by atoms with Crippen molar-refractivity contribution >= 4 is 34.1 Å². The molecule has 5 rings (SSSR count). The van der Waals surface area contributed by atoms with Crippen LogP contribution in [0.4, 0.5) is 5.69 Å². The van der Waals surface area contributed by atoms with Crippen LogP contribution in [0.3, 0.4) is 0 Å². The van der Waals surface area contributed by atoms with E-state index in [1.807, 2.05) is 18.2 Å². The van der Waals surface area contributed by atoms with Gasteiger partial charge in [-0.3, -0.25) is 9.69 Å². The fraction of sp³-hybridized carbons (Fsp3) is 0.444. The normalized spacial score (nSPS) is 22.0. The molecule has 1 aliphatic heterocycles. The van der Waals surface area contributed by atoms with Crippen molar-refractivity contribution < 1.29 is 4.79 Å². The maximum Gasteiger partial charge on any atom is 0.267 e. The van der Waals surface area contributed by atoms with Crippen LogP contribution in [-0.2, 0) is 0 Å². The first-order valence-corrected chi connectivity index (χ1v) is 12.7. The van der Waals surface area contributed by atoms with E-state index in [0.717, 1.165) is 55.4 Å². The molecule has 3 atom stereocenters. The first-order chi connectivity index (χ1) is 16.2. The number of hydrogen-bond acceptors (Lipinski definition) is 3. The van der Waals surface area contributed by atoms with E-state index >= 15 is 0 Å². The smallest absolute Gasteiger partial charge is 0.267 e. The van der Waals surface area contributed by atoms with Crippen molar-refractivity contribution in [3.05, 3.63) is 65.9 Å². The van der Waals surface area contributed by atoms with E-state index in [1.54, 1.807) is 0 Å².